The van der Waals surface area contributed by atoms with Crippen LogP contribution in [-0.4, -0.2) is 50.8 Å². The first-order valence-corrected chi connectivity index (χ1v) is 7.66. The van der Waals surface area contributed by atoms with Crippen LogP contribution in [0.4, 0.5) is 0 Å². The maximum atomic E-state index is 4.21. The lowest BCUT2D eigenvalue weighted by Crippen LogP contribution is -2.45. The molecule has 1 atom stereocenters. The van der Waals surface area contributed by atoms with Gasteiger partial charge < -0.3 is 5.32 Å². The Balaban J connectivity index is 1.76. The first-order valence-electron chi connectivity index (χ1n) is 7.66. The molecule has 0 radical (unpaired) electrons. The predicted octanol–water partition coefficient (Wildman–Crippen LogP) is 1.24. The number of para-hydroxylation sites is 1. The summed E-state index contributed by atoms with van der Waals surface area (Å²) in [6.45, 7) is 6.18. The second-order valence-corrected chi connectivity index (χ2v) is 5.41. The summed E-state index contributed by atoms with van der Waals surface area (Å²) in [6, 6.07) is 10.6. The van der Waals surface area contributed by atoms with Gasteiger partial charge in [-0.1, -0.05) is 25.1 Å². The third kappa shape index (κ3) is 3.28. The second kappa shape index (κ2) is 6.78. The van der Waals surface area contributed by atoms with Crippen LogP contribution in [0, 0.1) is 0 Å². The minimum atomic E-state index is 0.574. The molecule has 2 heterocycles. The molecule has 1 aromatic heterocycles. The molecular formula is C15H22N6. The van der Waals surface area contributed by atoms with Gasteiger partial charge in [-0.3, -0.25) is 4.90 Å². The van der Waals surface area contributed by atoms with Gasteiger partial charge in [0.25, 0.3) is 0 Å². The van der Waals surface area contributed by atoms with Gasteiger partial charge in [-0.2, -0.15) is 4.68 Å². The van der Waals surface area contributed by atoms with E-state index in [-0.39, 0.29) is 0 Å². The Hall–Kier alpha value is -1.79. The number of likely N-dealkylation sites (N-methyl/N-ethyl adjacent to an activating group) is 1. The Kier molecular flexibility index (Phi) is 4.57. The van der Waals surface area contributed by atoms with Crippen LogP contribution in [0.3, 0.4) is 0 Å². The number of rotatable bonds is 5. The van der Waals surface area contributed by atoms with E-state index >= 15 is 0 Å². The number of benzene rings is 1. The molecule has 0 bridgehead atoms. The van der Waals surface area contributed by atoms with Gasteiger partial charge in [-0.05, 0) is 48.5 Å². The highest BCUT2D eigenvalue weighted by Crippen LogP contribution is 2.14. The summed E-state index contributed by atoms with van der Waals surface area (Å²) >= 11 is 0. The molecule has 0 saturated carbocycles. The number of tetrazole rings is 1. The number of nitrogens with one attached hydrogen (secondary N) is 1. The Morgan fingerprint density at radius 2 is 2.19 bits per heavy atom. The largest absolute Gasteiger partial charge is 0.315 e. The highest BCUT2D eigenvalue weighted by Gasteiger charge is 2.22. The second-order valence-electron chi connectivity index (χ2n) is 5.41. The van der Waals surface area contributed by atoms with Crippen LogP contribution >= 0.6 is 0 Å². The molecule has 112 valence electrons. The summed E-state index contributed by atoms with van der Waals surface area (Å²) in [4.78, 5) is 2.46. The fourth-order valence-corrected chi connectivity index (χ4v) is 2.90. The summed E-state index contributed by atoms with van der Waals surface area (Å²) in [6.07, 6.45) is 2.48. The van der Waals surface area contributed by atoms with Crippen molar-refractivity contribution in [3.8, 4) is 5.69 Å². The standard InChI is InChI=1S/C15H22N6/c1-2-20(14-9-6-10-16-11-14)12-15-17-18-19-21(15)13-7-4-3-5-8-13/h3-5,7-8,14,16H,2,6,9-12H2,1H3. The quantitative estimate of drug-likeness (QED) is 0.896. The van der Waals surface area contributed by atoms with E-state index < -0.39 is 0 Å². The topological polar surface area (TPSA) is 58.9 Å². The SMILES string of the molecule is CCN(Cc1nnnn1-c1ccccc1)C1CCCNC1. The van der Waals surface area contributed by atoms with Crippen LogP contribution in [0.15, 0.2) is 30.3 Å². The molecule has 0 spiro atoms. The van der Waals surface area contributed by atoms with E-state index in [0.717, 1.165) is 37.7 Å². The third-order valence-corrected chi connectivity index (χ3v) is 4.07. The minimum Gasteiger partial charge on any atom is -0.315 e. The summed E-state index contributed by atoms with van der Waals surface area (Å²) in [5, 5.41) is 15.7. The molecule has 0 amide bonds. The molecule has 1 unspecified atom stereocenters. The van der Waals surface area contributed by atoms with E-state index in [2.05, 4.69) is 32.7 Å². The Bertz CT molecular complexity index is 546. The first-order chi connectivity index (χ1) is 10.4. The summed E-state index contributed by atoms with van der Waals surface area (Å²) in [5.41, 5.74) is 1.01. The highest BCUT2D eigenvalue weighted by molar-refractivity contribution is 5.30. The average molecular weight is 286 g/mol. The maximum Gasteiger partial charge on any atom is 0.170 e. The Morgan fingerprint density at radius 1 is 1.33 bits per heavy atom. The summed E-state index contributed by atoms with van der Waals surface area (Å²) in [5.74, 6) is 0.897. The molecule has 1 aliphatic rings. The molecule has 6 heteroatoms. The molecule has 1 N–H and O–H groups in total. The van der Waals surface area contributed by atoms with Crippen LogP contribution < -0.4 is 5.32 Å². The lowest BCUT2D eigenvalue weighted by molar-refractivity contribution is 0.161. The van der Waals surface area contributed by atoms with E-state index in [0.29, 0.717) is 6.04 Å². The molecule has 1 aliphatic heterocycles. The van der Waals surface area contributed by atoms with Crippen molar-refractivity contribution in [1.29, 1.82) is 0 Å². The first kappa shape index (κ1) is 14.2. The molecule has 6 nitrogen and oxygen atoms in total. The zero-order chi connectivity index (χ0) is 14.5. The number of nitrogens with zero attached hydrogens (tertiary/aromatic N) is 5. The molecule has 1 saturated heterocycles. The third-order valence-electron chi connectivity index (χ3n) is 4.07. The van der Waals surface area contributed by atoms with Gasteiger partial charge in [0.1, 0.15) is 0 Å². The van der Waals surface area contributed by atoms with Crippen molar-refractivity contribution in [2.45, 2.75) is 32.4 Å². The van der Waals surface area contributed by atoms with E-state index in [9.17, 15) is 0 Å². The average Bonchev–Trinajstić information content (AvgIpc) is 3.02. The van der Waals surface area contributed by atoms with Crippen LogP contribution in [0.25, 0.3) is 5.69 Å². The van der Waals surface area contributed by atoms with Crippen molar-refractivity contribution in [1.82, 2.24) is 30.4 Å². The van der Waals surface area contributed by atoms with Crippen LogP contribution in [0.5, 0.6) is 0 Å². The van der Waals surface area contributed by atoms with Crippen molar-refractivity contribution >= 4 is 0 Å². The molecule has 0 aliphatic carbocycles. The number of piperidine rings is 1. The monoisotopic (exact) mass is 286 g/mol. The maximum absolute atomic E-state index is 4.21. The fraction of sp³-hybridized carbons (Fsp3) is 0.533. The summed E-state index contributed by atoms with van der Waals surface area (Å²) in [7, 11) is 0. The predicted molar refractivity (Wildman–Crippen MR) is 81.1 cm³/mol. The molecular weight excluding hydrogens is 264 g/mol. The van der Waals surface area contributed by atoms with Crippen molar-refractivity contribution < 1.29 is 0 Å². The van der Waals surface area contributed by atoms with Crippen molar-refractivity contribution in [3.63, 3.8) is 0 Å². The van der Waals surface area contributed by atoms with E-state index in [1.54, 1.807) is 0 Å². The molecule has 1 aromatic carbocycles. The Morgan fingerprint density at radius 3 is 2.90 bits per heavy atom. The summed E-state index contributed by atoms with van der Waals surface area (Å²) < 4.78 is 1.83. The number of hydrogen-bond acceptors (Lipinski definition) is 5. The van der Waals surface area contributed by atoms with E-state index in [1.165, 1.54) is 12.8 Å². The van der Waals surface area contributed by atoms with E-state index in [1.807, 2.05) is 35.0 Å². The normalized spacial score (nSPS) is 19.0. The number of hydrogen-bond donors (Lipinski definition) is 1. The number of aromatic nitrogens is 4. The Labute approximate surface area is 125 Å². The minimum absolute atomic E-state index is 0.574. The lowest BCUT2D eigenvalue weighted by Gasteiger charge is -2.33. The molecule has 3 rings (SSSR count). The van der Waals surface area contributed by atoms with Crippen LogP contribution in [0.2, 0.25) is 0 Å². The van der Waals surface area contributed by atoms with Crippen molar-refractivity contribution in [3.05, 3.63) is 36.2 Å². The van der Waals surface area contributed by atoms with Gasteiger partial charge in [0.2, 0.25) is 0 Å². The van der Waals surface area contributed by atoms with Gasteiger partial charge in [0.15, 0.2) is 5.82 Å². The van der Waals surface area contributed by atoms with Gasteiger partial charge in [0, 0.05) is 12.6 Å². The highest BCUT2D eigenvalue weighted by atomic mass is 15.5. The van der Waals surface area contributed by atoms with Crippen molar-refractivity contribution in [2.24, 2.45) is 0 Å². The zero-order valence-corrected chi connectivity index (χ0v) is 12.4. The van der Waals surface area contributed by atoms with Crippen LogP contribution in [0.1, 0.15) is 25.6 Å². The smallest absolute Gasteiger partial charge is 0.170 e. The van der Waals surface area contributed by atoms with Gasteiger partial charge >= 0.3 is 0 Å². The molecule has 2 aromatic rings. The molecule has 1 fully saturated rings. The van der Waals surface area contributed by atoms with E-state index in [4.69, 9.17) is 0 Å². The fourth-order valence-electron chi connectivity index (χ4n) is 2.90. The van der Waals surface area contributed by atoms with Gasteiger partial charge in [-0.15, -0.1) is 5.10 Å². The molecule has 21 heavy (non-hydrogen) atoms. The van der Waals surface area contributed by atoms with Gasteiger partial charge in [0.05, 0.1) is 12.2 Å². The van der Waals surface area contributed by atoms with Crippen LogP contribution in [-0.2, 0) is 6.54 Å². The van der Waals surface area contributed by atoms with Gasteiger partial charge in [-0.25, -0.2) is 0 Å². The van der Waals surface area contributed by atoms with Crippen molar-refractivity contribution in [2.75, 3.05) is 19.6 Å². The zero-order valence-electron chi connectivity index (χ0n) is 12.4. The lowest BCUT2D eigenvalue weighted by atomic mass is 10.1.